The van der Waals surface area contributed by atoms with Crippen molar-refractivity contribution >= 4 is 0 Å². The molecule has 0 aromatic carbocycles. The molecule has 3 atom stereocenters. The Hall–Kier alpha value is -0.440. The molecule has 3 unspecified atom stereocenters. The Balaban J connectivity index is 3.56. The molecule has 0 spiro atoms. The number of rotatable bonds is 10. The molecule has 0 heterocycles. The zero-order chi connectivity index (χ0) is 15.4. The average Bonchev–Trinajstić information content (AvgIpc) is 2.38. The van der Waals surface area contributed by atoms with Crippen molar-refractivity contribution in [3.63, 3.8) is 0 Å². The van der Waals surface area contributed by atoms with Gasteiger partial charge in [-0.3, -0.25) is 0 Å². The molecule has 0 fully saturated rings. The molecule has 0 aliphatic carbocycles. The SMILES string of the molecule is [CH2]CC(C)CCCC(C)CCCC(C)CC#CC(C)C. The van der Waals surface area contributed by atoms with Gasteiger partial charge in [-0.25, -0.2) is 0 Å². The predicted octanol–water partition coefficient (Wildman–Crippen LogP) is 6.51. The van der Waals surface area contributed by atoms with E-state index >= 15 is 0 Å². The van der Waals surface area contributed by atoms with Crippen molar-refractivity contribution in [3.8, 4) is 11.8 Å². The summed E-state index contributed by atoms with van der Waals surface area (Å²) in [6.45, 7) is 15.4. The molecule has 0 aliphatic heterocycles. The van der Waals surface area contributed by atoms with Crippen molar-refractivity contribution in [1.29, 1.82) is 0 Å². The van der Waals surface area contributed by atoms with Gasteiger partial charge in [0.2, 0.25) is 0 Å². The Morgan fingerprint density at radius 2 is 1.25 bits per heavy atom. The van der Waals surface area contributed by atoms with Gasteiger partial charge in [-0.1, -0.05) is 80.1 Å². The zero-order valence-electron chi connectivity index (χ0n) is 14.7. The first-order valence-electron chi connectivity index (χ1n) is 8.73. The summed E-state index contributed by atoms with van der Waals surface area (Å²) in [5.74, 6) is 9.56. The minimum atomic E-state index is 0.517. The molecular formula is C20H37. The van der Waals surface area contributed by atoms with Gasteiger partial charge in [-0.2, -0.15) is 0 Å². The van der Waals surface area contributed by atoms with Gasteiger partial charge in [0.05, 0.1) is 0 Å². The van der Waals surface area contributed by atoms with Crippen LogP contribution in [0.3, 0.4) is 0 Å². The van der Waals surface area contributed by atoms with E-state index in [9.17, 15) is 0 Å². The summed E-state index contributed by atoms with van der Waals surface area (Å²) in [7, 11) is 0. The highest BCUT2D eigenvalue weighted by atomic mass is 14.1. The lowest BCUT2D eigenvalue weighted by Crippen LogP contribution is -2.00. The van der Waals surface area contributed by atoms with E-state index in [0.29, 0.717) is 5.92 Å². The molecule has 0 bridgehead atoms. The second-order valence-electron chi connectivity index (χ2n) is 7.15. The third-order valence-electron chi connectivity index (χ3n) is 4.12. The third kappa shape index (κ3) is 12.6. The summed E-state index contributed by atoms with van der Waals surface area (Å²) in [4.78, 5) is 0. The van der Waals surface area contributed by atoms with E-state index in [4.69, 9.17) is 0 Å². The summed E-state index contributed by atoms with van der Waals surface area (Å²) >= 11 is 0. The highest BCUT2D eigenvalue weighted by Gasteiger charge is 2.06. The van der Waals surface area contributed by atoms with Crippen LogP contribution in [0, 0.1) is 42.4 Å². The van der Waals surface area contributed by atoms with Gasteiger partial charge in [0.25, 0.3) is 0 Å². The van der Waals surface area contributed by atoms with E-state index in [1.54, 1.807) is 0 Å². The Labute approximate surface area is 129 Å². The van der Waals surface area contributed by atoms with E-state index in [1.807, 2.05) is 0 Å². The van der Waals surface area contributed by atoms with E-state index < -0.39 is 0 Å². The largest absolute Gasteiger partial charge is 0.103 e. The molecule has 0 heteroatoms. The van der Waals surface area contributed by atoms with Crippen LogP contribution in [0.25, 0.3) is 0 Å². The van der Waals surface area contributed by atoms with Crippen molar-refractivity contribution in [3.05, 3.63) is 6.92 Å². The summed E-state index contributed by atoms with van der Waals surface area (Å²) in [5.41, 5.74) is 0. The fourth-order valence-electron chi connectivity index (χ4n) is 2.46. The number of hydrogen-bond donors (Lipinski definition) is 0. The molecule has 0 nitrogen and oxygen atoms in total. The average molecular weight is 278 g/mol. The zero-order valence-corrected chi connectivity index (χ0v) is 14.7. The molecule has 1 radical (unpaired) electrons. The Morgan fingerprint density at radius 1 is 0.750 bits per heavy atom. The third-order valence-corrected chi connectivity index (χ3v) is 4.12. The van der Waals surface area contributed by atoms with Gasteiger partial charge in [0, 0.05) is 12.3 Å². The minimum absolute atomic E-state index is 0.517. The standard InChI is InChI=1S/C20H37/c1-7-18(4)12-9-14-20(6)16-10-15-19(5)13-8-11-17(2)3/h17-20H,1,7,9-10,12-16H2,2-6H3. The van der Waals surface area contributed by atoms with Crippen molar-refractivity contribution in [2.45, 2.75) is 86.0 Å². The summed E-state index contributed by atoms with van der Waals surface area (Å²) < 4.78 is 0. The van der Waals surface area contributed by atoms with Crippen LogP contribution in [0.2, 0.25) is 0 Å². The molecule has 0 N–H and O–H groups in total. The smallest absolute Gasteiger partial charge is 0.0146 e. The van der Waals surface area contributed by atoms with E-state index in [0.717, 1.165) is 30.6 Å². The molecule has 0 aliphatic rings. The molecule has 0 saturated carbocycles. The van der Waals surface area contributed by atoms with Gasteiger partial charge >= 0.3 is 0 Å². The Kier molecular flexibility index (Phi) is 12.0. The monoisotopic (exact) mass is 277 g/mol. The Morgan fingerprint density at radius 3 is 1.75 bits per heavy atom. The van der Waals surface area contributed by atoms with Crippen LogP contribution in [-0.2, 0) is 0 Å². The maximum Gasteiger partial charge on any atom is 0.0146 e. The minimum Gasteiger partial charge on any atom is -0.103 e. The van der Waals surface area contributed by atoms with Gasteiger partial charge in [0.1, 0.15) is 0 Å². The lowest BCUT2D eigenvalue weighted by atomic mass is 9.92. The van der Waals surface area contributed by atoms with Crippen LogP contribution >= 0.6 is 0 Å². The van der Waals surface area contributed by atoms with Crippen LogP contribution in [0.5, 0.6) is 0 Å². The van der Waals surface area contributed by atoms with Gasteiger partial charge < -0.3 is 0 Å². The van der Waals surface area contributed by atoms with Gasteiger partial charge in [0.15, 0.2) is 0 Å². The highest BCUT2D eigenvalue weighted by Crippen LogP contribution is 2.20. The van der Waals surface area contributed by atoms with Crippen LogP contribution in [0.4, 0.5) is 0 Å². The lowest BCUT2D eigenvalue weighted by Gasteiger charge is -2.14. The summed E-state index contributed by atoms with van der Waals surface area (Å²) in [6, 6.07) is 0. The molecular weight excluding hydrogens is 240 g/mol. The van der Waals surface area contributed by atoms with E-state index in [1.165, 1.54) is 38.5 Å². The van der Waals surface area contributed by atoms with Crippen LogP contribution in [0.15, 0.2) is 0 Å². The molecule has 0 saturated heterocycles. The molecule has 117 valence electrons. The predicted molar refractivity (Wildman–Crippen MR) is 92.4 cm³/mol. The topological polar surface area (TPSA) is 0 Å². The first kappa shape index (κ1) is 19.6. The van der Waals surface area contributed by atoms with E-state index in [-0.39, 0.29) is 0 Å². The molecule has 20 heavy (non-hydrogen) atoms. The molecule has 0 aromatic rings. The fourth-order valence-corrected chi connectivity index (χ4v) is 2.46. The van der Waals surface area contributed by atoms with Crippen molar-refractivity contribution < 1.29 is 0 Å². The maximum absolute atomic E-state index is 3.98. The fraction of sp³-hybridized carbons (Fsp3) is 0.850. The second-order valence-corrected chi connectivity index (χ2v) is 7.15. The van der Waals surface area contributed by atoms with Crippen LogP contribution in [-0.4, -0.2) is 0 Å². The summed E-state index contributed by atoms with van der Waals surface area (Å²) in [6.07, 6.45) is 10.4. The summed E-state index contributed by atoms with van der Waals surface area (Å²) in [5, 5.41) is 0. The maximum atomic E-state index is 3.98. The molecule has 0 rings (SSSR count). The lowest BCUT2D eigenvalue weighted by molar-refractivity contribution is 0.396. The first-order chi connectivity index (χ1) is 9.45. The van der Waals surface area contributed by atoms with Crippen LogP contribution < -0.4 is 0 Å². The Bertz CT molecular complexity index is 265. The van der Waals surface area contributed by atoms with Crippen LogP contribution in [0.1, 0.15) is 86.0 Å². The second kappa shape index (κ2) is 12.3. The number of hydrogen-bond acceptors (Lipinski definition) is 0. The quantitative estimate of drug-likeness (QED) is 0.399. The normalized spacial score (nSPS) is 15.6. The molecule has 0 aromatic heterocycles. The highest BCUT2D eigenvalue weighted by molar-refractivity contribution is 5.01. The van der Waals surface area contributed by atoms with Gasteiger partial charge in [-0.15, -0.1) is 11.8 Å². The molecule has 0 amide bonds. The van der Waals surface area contributed by atoms with E-state index in [2.05, 4.69) is 53.4 Å². The van der Waals surface area contributed by atoms with Gasteiger partial charge in [-0.05, 0) is 24.2 Å². The van der Waals surface area contributed by atoms with Crippen molar-refractivity contribution in [2.24, 2.45) is 23.7 Å². The van der Waals surface area contributed by atoms with Crippen molar-refractivity contribution in [2.75, 3.05) is 0 Å². The van der Waals surface area contributed by atoms with Crippen molar-refractivity contribution in [1.82, 2.24) is 0 Å². The first-order valence-corrected chi connectivity index (χ1v) is 8.73.